The summed E-state index contributed by atoms with van der Waals surface area (Å²) in [5.41, 5.74) is 0.144. The van der Waals surface area contributed by atoms with Crippen LogP contribution in [0.3, 0.4) is 0 Å². The minimum Gasteiger partial charge on any atom is -0.378 e. The van der Waals surface area contributed by atoms with Gasteiger partial charge in [-0.3, -0.25) is 10.1 Å². The zero-order chi connectivity index (χ0) is 18.7. The van der Waals surface area contributed by atoms with Gasteiger partial charge in [-0.25, -0.2) is 9.37 Å². The Labute approximate surface area is 152 Å². The molecular weight excluding hydrogens is 341 g/mol. The van der Waals surface area contributed by atoms with Crippen LogP contribution >= 0.6 is 0 Å². The molecule has 1 aromatic heterocycles. The van der Waals surface area contributed by atoms with Gasteiger partial charge in [0.25, 0.3) is 0 Å². The van der Waals surface area contributed by atoms with Crippen LogP contribution in [-0.2, 0) is 4.74 Å². The molecule has 0 radical (unpaired) electrons. The monoisotopic (exact) mass is 367 g/mol. The minimum absolute atomic E-state index is 0.0353. The molecule has 0 aromatic carbocycles. The lowest BCUT2D eigenvalue weighted by atomic mass is 9.75. The molecule has 0 bridgehead atoms. The van der Waals surface area contributed by atoms with Gasteiger partial charge in [-0.2, -0.15) is 4.98 Å². The van der Waals surface area contributed by atoms with Crippen molar-refractivity contribution in [3.8, 4) is 0 Å². The summed E-state index contributed by atoms with van der Waals surface area (Å²) in [7, 11) is 0. The Morgan fingerprint density at radius 1 is 1.31 bits per heavy atom. The predicted molar refractivity (Wildman–Crippen MR) is 96.1 cm³/mol. The molecule has 0 amide bonds. The summed E-state index contributed by atoms with van der Waals surface area (Å²) in [5.74, 6) is 0.392. The highest BCUT2D eigenvalue weighted by Crippen LogP contribution is 2.36. The van der Waals surface area contributed by atoms with Crippen molar-refractivity contribution in [2.75, 3.05) is 23.8 Å². The van der Waals surface area contributed by atoms with Gasteiger partial charge < -0.3 is 15.4 Å². The van der Waals surface area contributed by atoms with Crippen molar-refractivity contribution in [3.63, 3.8) is 0 Å². The predicted octanol–water partition coefficient (Wildman–Crippen LogP) is 3.30. The van der Waals surface area contributed by atoms with E-state index in [-0.39, 0.29) is 30.1 Å². The van der Waals surface area contributed by atoms with Crippen molar-refractivity contribution in [2.45, 2.75) is 64.2 Å². The second-order valence-electron chi connectivity index (χ2n) is 7.90. The van der Waals surface area contributed by atoms with E-state index >= 15 is 0 Å². The molecule has 3 rings (SSSR count). The average Bonchev–Trinajstić information content (AvgIpc) is 2.59. The maximum atomic E-state index is 13.9. The minimum atomic E-state index is -1.15. The van der Waals surface area contributed by atoms with E-state index in [1.54, 1.807) is 0 Å². The third-order valence-electron chi connectivity index (χ3n) is 5.25. The molecule has 1 aromatic rings. The lowest BCUT2D eigenvalue weighted by molar-refractivity contribution is -0.384. The van der Waals surface area contributed by atoms with Gasteiger partial charge in [0.05, 0.1) is 17.6 Å². The van der Waals surface area contributed by atoms with Crippen LogP contribution in [0.15, 0.2) is 6.20 Å². The normalized spacial score (nSPS) is 26.3. The largest absolute Gasteiger partial charge is 0.378 e. The van der Waals surface area contributed by atoms with Gasteiger partial charge in [0.2, 0.25) is 11.8 Å². The van der Waals surface area contributed by atoms with Crippen LogP contribution in [0.1, 0.15) is 46.0 Å². The van der Waals surface area contributed by atoms with Crippen LogP contribution in [0.2, 0.25) is 0 Å². The lowest BCUT2D eigenvalue weighted by Gasteiger charge is -2.34. The van der Waals surface area contributed by atoms with E-state index in [1.807, 2.05) is 0 Å². The quantitative estimate of drug-likeness (QED) is 0.608. The second kappa shape index (κ2) is 7.69. The molecule has 26 heavy (non-hydrogen) atoms. The van der Waals surface area contributed by atoms with Gasteiger partial charge in [-0.1, -0.05) is 13.8 Å². The molecule has 2 N–H and O–H groups in total. The van der Waals surface area contributed by atoms with Crippen molar-refractivity contribution < 1.29 is 14.1 Å². The first kappa shape index (κ1) is 18.8. The van der Waals surface area contributed by atoms with E-state index < -0.39 is 17.1 Å². The molecule has 0 unspecified atom stereocenters. The molecule has 1 saturated heterocycles. The highest BCUT2D eigenvalue weighted by atomic mass is 19.1. The summed E-state index contributed by atoms with van der Waals surface area (Å²) in [5, 5.41) is 17.5. The zero-order valence-electron chi connectivity index (χ0n) is 15.2. The van der Waals surface area contributed by atoms with Gasteiger partial charge in [0.15, 0.2) is 0 Å². The molecule has 8 nitrogen and oxygen atoms in total. The topological polar surface area (TPSA) is 102 Å². The summed E-state index contributed by atoms with van der Waals surface area (Å²) in [4.78, 5) is 19.1. The molecule has 1 aliphatic carbocycles. The number of nitro groups is 1. The highest BCUT2D eigenvalue weighted by Gasteiger charge is 2.30. The number of aromatic nitrogens is 2. The van der Waals surface area contributed by atoms with Crippen LogP contribution in [0.4, 0.5) is 21.8 Å². The van der Waals surface area contributed by atoms with Crippen LogP contribution in [-0.4, -0.2) is 46.4 Å². The number of hydrogen-bond donors (Lipinski definition) is 2. The zero-order valence-corrected chi connectivity index (χ0v) is 15.2. The highest BCUT2D eigenvalue weighted by molar-refractivity contribution is 5.57. The Kier molecular flexibility index (Phi) is 5.55. The number of halogens is 1. The molecular formula is C17H26FN5O3. The second-order valence-corrected chi connectivity index (χ2v) is 7.90. The lowest BCUT2D eigenvalue weighted by Crippen LogP contribution is -2.39. The Morgan fingerprint density at radius 2 is 2.04 bits per heavy atom. The van der Waals surface area contributed by atoms with Crippen molar-refractivity contribution in [1.82, 2.24) is 9.97 Å². The van der Waals surface area contributed by atoms with Gasteiger partial charge in [-0.15, -0.1) is 0 Å². The molecule has 0 spiro atoms. The Bertz CT molecular complexity index is 647. The Hall–Kier alpha value is -2.03. The maximum absolute atomic E-state index is 13.9. The van der Waals surface area contributed by atoms with E-state index in [1.165, 1.54) is 6.20 Å². The third-order valence-corrected chi connectivity index (χ3v) is 5.25. The molecule has 1 aliphatic heterocycles. The fraction of sp³-hybridized carbons (Fsp3) is 0.765. The molecule has 9 heteroatoms. The first-order chi connectivity index (χ1) is 12.3. The maximum Gasteiger partial charge on any atom is 0.329 e. The smallest absolute Gasteiger partial charge is 0.329 e. The third kappa shape index (κ3) is 4.57. The van der Waals surface area contributed by atoms with Crippen molar-refractivity contribution in [1.29, 1.82) is 0 Å². The van der Waals surface area contributed by atoms with Crippen LogP contribution in [0, 0.1) is 15.5 Å². The summed E-state index contributed by atoms with van der Waals surface area (Å²) in [6, 6.07) is -0.310. The number of anilines is 2. The number of alkyl halides is 1. The first-order valence-corrected chi connectivity index (χ1v) is 9.10. The number of nitrogens with one attached hydrogen (secondary N) is 2. The van der Waals surface area contributed by atoms with E-state index in [9.17, 15) is 14.5 Å². The summed E-state index contributed by atoms with van der Waals surface area (Å²) in [6.07, 6.45) is 4.51. The van der Waals surface area contributed by atoms with E-state index in [0.29, 0.717) is 18.4 Å². The average molecular weight is 367 g/mol. The molecule has 1 saturated carbocycles. The fourth-order valence-corrected chi connectivity index (χ4v) is 3.45. The molecule has 2 atom stereocenters. The van der Waals surface area contributed by atoms with Crippen LogP contribution in [0.5, 0.6) is 0 Å². The van der Waals surface area contributed by atoms with Gasteiger partial charge in [0.1, 0.15) is 12.4 Å². The number of rotatable bonds is 5. The molecule has 2 fully saturated rings. The fourth-order valence-electron chi connectivity index (χ4n) is 3.45. The summed E-state index contributed by atoms with van der Waals surface area (Å²) < 4.78 is 19.0. The van der Waals surface area contributed by atoms with Gasteiger partial charge in [0, 0.05) is 12.6 Å². The van der Waals surface area contributed by atoms with E-state index in [4.69, 9.17) is 4.74 Å². The molecule has 144 valence electrons. The first-order valence-electron chi connectivity index (χ1n) is 9.10. The van der Waals surface area contributed by atoms with Gasteiger partial charge in [-0.05, 0) is 37.5 Å². The standard InChI is InChI=1S/C17H26FN5O3/c1-17(2)6-3-11(4-7-17)20-15-14(23(24)25)9-19-16(22-15)21-13-5-8-26-10-12(13)18/h9,11-13H,3-8,10H2,1-2H3,(H2,19,20,21,22)/t12-,13-/m1/s1. The molecule has 2 aliphatic rings. The molecule has 2 heterocycles. The number of nitrogens with zero attached hydrogens (tertiary/aromatic N) is 3. The van der Waals surface area contributed by atoms with Crippen molar-refractivity contribution in [2.24, 2.45) is 5.41 Å². The van der Waals surface area contributed by atoms with Gasteiger partial charge >= 0.3 is 5.69 Å². The van der Waals surface area contributed by atoms with Crippen LogP contribution < -0.4 is 10.6 Å². The summed E-state index contributed by atoms with van der Waals surface area (Å²) in [6.45, 7) is 4.97. The van der Waals surface area contributed by atoms with E-state index in [0.717, 1.165) is 25.7 Å². The Balaban J connectivity index is 1.73. The van der Waals surface area contributed by atoms with Crippen LogP contribution in [0.25, 0.3) is 0 Å². The number of hydrogen-bond acceptors (Lipinski definition) is 7. The number of ether oxygens (including phenoxy) is 1. The van der Waals surface area contributed by atoms with Crippen molar-refractivity contribution >= 4 is 17.5 Å². The SMILES string of the molecule is CC1(C)CCC(Nc2nc(N[C@@H]3CCOC[C@H]3F)ncc2[N+](=O)[O-])CC1. The van der Waals surface area contributed by atoms with E-state index in [2.05, 4.69) is 34.4 Å². The summed E-state index contributed by atoms with van der Waals surface area (Å²) >= 11 is 0. The van der Waals surface area contributed by atoms with Crippen molar-refractivity contribution in [3.05, 3.63) is 16.3 Å². The Morgan fingerprint density at radius 3 is 2.69 bits per heavy atom.